The smallest absolute Gasteiger partial charge is 0.308 e. The number of nitrogens with one attached hydrogen (secondary N) is 1. The molecular weight excluding hydrogens is 552 g/mol. The Labute approximate surface area is 254 Å². The van der Waals surface area contributed by atoms with Crippen molar-refractivity contribution in [2.24, 2.45) is 23.7 Å². The lowest BCUT2D eigenvalue weighted by Crippen LogP contribution is -2.57. The quantitative estimate of drug-likeness (QED) is 0.464. The van der Waals surface area contributed by atoms with E-state index in [9.17, 15) is 14.7 Å². The van der Waals surface area contributed by atoms with Crippen LogP contribution >= 0.6 is 11.8 Å². The molecule has 8 unspecified atom stereocenters. The summed E-state index contributed by atoms with van der Waals surface area (Å²) in [7, 11) is 1.79. The highest BCUT2D eigenvalue weighted by molar-refractivity contribution is 8.00. The summed E-state index contributed by atoms with van der Waals surface area (Å²) in [6, 6.07) is 0.726. The predicted molar refractivity (Wildman–Crippen MR) is 164 cm³/mol. The van der Waals surface area contributed by atoms with Crippen LogP contribution in [0.4, 0.5) is 0 Å². The number of rotatable bonds is 8. The van der Waals surface area contributed by atoms with E-state index in [1.54, 1.807) is 7.11 Å². The Morgan fingerprint density at radius 3 is 2.76 bits per heavy atom. The summed E-state index contributed by atoms with van der Waals surface area (Å²) < 4.78 is 14.1. The van der Waals surface area contributed by atoms with Crippen molar-refractivity contribution in [2.75, 3.05) is 32.6 Å². The van der Waals surface area contributed by atoms with Gasteiger partial charge < -0.3 is 19.9 Å². The third kappa shape index (κ3) is 6.08. The third-order valence-electron chi connectivity index (χ3n) is 11.1. The minimum Gasteiger partial charge on any atom is -0.481 e. The predicted octanol–water partition coefficient (Wildman–Crippen LogP) is 3.13. The number of ether oxygens (including phenoxy) is 2. The molecule has 0 aromatic carbocycles. The van der Waals surface area contributed by atoms with E-state index < -0.39 is 5.97 Å². The first-order chi connectivity index (χ1) is 20.2. The van der Waals surface area contributed by atoms with E-state index in [2.05, 4.69) is 24.1 Å². The summed E-state index contributed by atoms with van der Waals surface area (Å²) in [6.07, 6.45) is 8.57. The monoisotopic (exact) mass is 602 g/mol. The number of aryl methyl sites for hydroxylation is 2. The number of carboxylic acid groups (broad SMARTS) is 1. The van der Waals surface area contributed by atoms with E-state index in [0.29, 0.717) is 60.1 Å². The Kier molecular flexibility index (Phi) is 9.37. The Balaban J connectivity index is 1.13. The second-order valence-corrected chi connectivity index (χ2v) is 15.0. The summed E-state index contributed by atoms with van der Waals surface area (Å²) in [5.41, 5.74) is 1.99. The van der Waals surface area contributed by atoms with Gasteiger partial charge >= 0.3 is 5.97 Å². The van der Waals surface area contributed by atoms with Gasteiger partial charge in [-0.15, -0.1) is 0 Å². The van der Waals surface area contributed by atoms with Crippen LogP contribution in [0.1, 0.15) is 69.5 Å². The van der Waals surface area contributed by atoms with Gasteiger partial charge in [-0.05, 0) is 83.0 Å². The summed E-state index contributed by atoms with van der Waals surface area (Å²) in [6.45, 7) is 9.51. The molecule has 4 fully saturated rings. The zero-order valence-corrected chi connectivity index (χ0v) is 26.6. The summed E-state index contributed by atoms with van der Waals surface area (Å²) in [5.74, 6) is 2.00. The second kappa shape index (κ2) is 12.9. The van der Waals surface area contributed by atoms with Crippen molar-refractivity contribution in [2.45, 2.75) is 114 Å². The molecule has 1 aromatic rings. The van der Waals surface area contributed by atoms with Crippen LogP contribution in [-0.4, -0.2) is 93.7 Å². The maximum atomic E-state index is 13.8. The van der Waals surface area contributed by atoms with Gasteiger partial charge in [0.15, 0.2) is 0 Å². The van der Waals surface area contributed by atoms with E-state index in [0.717, 1.165) is 81.5 Å². The normalized spacial score (nSPS) is 38.8. The number of thioether (sulfide) groups is 1. The molecule has 0 amide bonds. The fourth-order valence-electron chi connectivity index (χ4n) is 8.85. The van der Waals surface area contributed by atoms with E-state index in [-0.39, 0.29) is 23.6 Å². The number of likely N-dealkylation sites (tertiary alicyclic amines) is 1. The van der Waals surface area contributed by atoms with Crippen molar-refractivity contribution in [3.63, 3.8) is 0 Å². The number of aliphatic carboxylic acids is 1. The zero-order valence-electron chi connectivity index (χ0n) is 25.8. The lowest BCUT2D eigenvalue weighted by Gasteiger charge is -2.47. The first-order valence-corrected chi connectivity index (χ1v) is 17.4. The summed E-state index contributed by atoms with van der Waals surface area (Å²) >= 11 is 1.85. The van der Waals surface area contributed by atoms with Gasteiger partial charge in [0.25, 0.3) is 5.56 Å². The van der Waals surface area contributed by atoms with Gasteiger partial charge in [-0.3, -0.25) is 19.1 Å². The molecule has 10 atom stereocenters. The van der Waals surface area contributed by atoms with Crippen LogP contribution in [-0.2, 0) is 33.7 Å². The molecule has 2 aliphatic carbocycles. The number of carbonyl (C=O) groups is 1. The lowest BCUT2D eigenvalue weighted by atomic mass is 9.68. The van der Waals surface area contributed by atoms with Gasteiger partial charge in [-0.1, -0.05) is 6.92 Å². The van der Waals surface area contributed by atoms with Crippen molar-refractivity contribution in [3.05, 3.63) is 27.4 Å². The third-order valence-corrected chi connectivity index (χ3v) is 12.7. The SMILES string of the molecule is CO[C@H]1CCN([C@@H]2CCc3nc(C)n(CCOC4CCC(C)CC4C4CC(C)NC5C(C(=O)O)CSC45)c(=O)c3C2)C1. The molecule has 1 aromatic heterocycles. The number of aromatic nitrogens is 2. The number of piperidine rings is 1. The first kappa shape index (κ1) is 30.6. The molecule has 4 heterocycles. The molecule has 9 nitrogen and oxygen atoms in total. The van der Waals surface area contributed by atoms with Crippen LogP contribution in [0.5, 0.6) is 0 Å². The molecule has 3 aliphatic heterocycles. The zero-order chi connectivity index (χ0) is 29.5. The first-order valence-electron chi connectivity index (χ1n) is 16.3. The molecule has 0 radical (unpaired) electrons. The van der Waals surface area contributed by atoms with E-state index in [1.165, 1.54) is 0 Å². The molecule has 42 heavy (non-hydrogen) atoms. The minimum atomic E-state index is -0.675. The van der Waals surface area contributed by atoms with Crippen molar-refractivity contribution in [1.82, 2.24) is 19.8 Å². The van der Waals surface area contributed by atoms with Crippen LogP contribution < -0.4 is 10.9 Å². The molecule has 10 heteroatoms. The largest absolute Gasteiger partial charge is 0.481 e. The number of fused-ring (bicyclic) bond motifs is 2. The van der Waals surface area contributed by atoms with Gasteiger partial charge in [0.05, 0.1) is 37.0 Å². The second-order valence-electron chi connectivity index (χ2n) is 13.8. The average Bonchev–Trinajstić information content (AvgIpc) is 3.62. The topological polar surface area (TPSA) is 106 Å². The van der Waals surface area contributed by atoms with Crippen molar-refractivity contribution in [1.29, 1.82) is 0 Å². The highest BCUT2D eigenvalue weighted by Gasteiger charge is 2.51. The fourth-order valence-corrected chi connectivity index (χ4v) is 10.7. The number of carboxylic acids is 1. The van der Waals surface area contributed by atoms with Crippen LogP contribution in [0.2, 0.25) is 0 Å². The Morgan fingerprint density at radius 2 is 2.00 bits per heavy atom. The standard InChI is InChI=1S/C32H50N4O5S/c1-18-5-8-28(23(13-18)24-14-19(2)33-29-26(32(38)39)17-42-30(24)29)41-12-11-36-20(3)34-27-7-6-21(15-25(27)31(36)37)35-10-9-22(16-35)40-4/h18-19,21-24,26,28-30,33H,5-17H2,1-4H3,(H,38,39)/t18?,19?,21-,22+,23?,24?,26?,28?,29?,30?/m1/s1. The van der Waals surface area contributed by atoms with E-state index >= 15 is 0 Å². The summed E-state index contributed by atoms with van der Waals surface area (Å²) in [5, 5.41) is 13.8. The van der Waals surface area contributed by atoms with E-state index in [4.69, 9.17) is 14.5 Å². The molecule has 0 bridgehead atoms. The number of hydrogen-bond acceptors (Lipinski definition) is 8. The van der Waals surface area contributed by atoms with Crippen LogP contribution in [0, 0.1) is 30.6 Å². The molecule has 0 spiro atoms. The van der Waals surface area contributed by atoms with Crippen LogP contribution in [0.15, 0.2) is 4.79 Å². The minimum absolute atomic E-state index is 0.0340. The molecule has 6 rings (SSSR count). The van der Waals surface area contributed by atoms with Gasteiger partial charge in [0, 0.05) is 54.9 Å². The summed E-state index contributed by atoms with van der Waals surface area (Å²) in [4.78, 5) is 33.1. The van der Waals surface area contributed by atoms with Gasteiger partial charge in [0.2, 0.25) is 0 Å². The number of hydrogen-bond donors (Lipinski definition) is 2. The molecule has 234 valence electrons. The molecule has 5 aliphatic rings. The van der Waals surface area contributed by atoms with Crippen LogP contribution in [0.25, 0.3) is 0 Å². The fraction of sp³-hybridized carbons (Fsp3) is 0.844. The average molecular weight is 603 g/mol. The van der Waals surface area contributed by atoms with Crippen molar-refractivity contribution >= 4 is 17.7 Å². The van der Waals surface area contributed by atoms with Gasteiger partial charge in [-0.2, -0.15) is 11.8 Å². The van der Waals surface area contributed by atoms with Gasteiger partial charge in [-0.25, -0.2) is 4.98 Å². The van der Waals surface area contributed by atoms with Crippen LogP contribution in [0.3, 0.4) is 0 Å². The molecule has 3 saturated heterocycles. The Bertz CT molecular complexity index is 1190. The molecule has 2 N–H and O–H groups in total. The Morgan fingerprint density at radius 1 is 1.17 bits per heavy atom. The molecular formula is C32H50N4O5S. The number of methoxy groups -OCH3 is 1. The molecule has 1 saturated carbocycles. The van der Waals surface area contributed by atoms with Crippen molar-refractivity contribution < 1.29 is 19.4 Å². The lowest BCUT2D eigenvalue weighted by molar-refractivity contribution is -0.142. The van der Waals surface area contributed by atoms with E-state index in [1.807, 2.05) is 23.3 Å². The highest BCUT2D eigenvalue weighted by Crippen LogP contribution is 2.48. The highest BCUT2D eigenvalue weighted by atomic mass is 32.2. The van der Waals surface area contributed by atoms with Gasteiger partial charge in [0.1, 0.15) is 5.82 Å². The number of nitrogens with zero attached hydrogens (tertiary/aromatic N) is 3. The maximum absolute atomic E-state index is 13.8. The maximum Gasteiger partial charge on any atom is 0.308 e. The Hall–Kier alpha value is -1.46. The van der Waals surface area contributed by atoms with Crippen molar-refractivity contribution in [3.8, 4) is 0 Å².